The van der Waals surface area contributed by atoms with Crippen LogP contribution in [0.15, 0.2) is 143 Å². The average Bonchev–Trinajstić information content (AvgIpc) is 3.33. The number of ether oxygens (including phenoxy) is 7. The van der Waals surface area contributed by atoms with Crippen molar-refractivity contribution in [3.8, 4) is 23.0 Å². The maximum absolute atomic E-state index is 13.4. The molecular weight excluding hydrogens is 925 g/mol. The molecule has 8 rings (SSSR count). The van der Waals surface area contributed by atoms with Crippen molar-refractivity contribution in [2.45, 2.75) is 35.5 Å². The molecule has 0 spiro atoms. The van der Waals surface area contributed by atoms with Gasteiger partial charge in [-0.25, -0.2) is 26.3 Å². The Kier molecular flexibility index (Phi) is 16.2. The second-order valence-corrected chi connectivity index (χ2v) is 19.5. The molecule has 0 atom stereocenters. The monoisotopic (exact) mass is 976 g/mol. The highest BCUT2D eigenvalue weighted by atomic mass is 32.2. The number of benzene rings is 6. The van der Waals surface area contributed by atoms with Crippen molar-refractivity contribution in [1.82, 2.24) is 9.44 Å². The third kappa shape index (κ3) is 12.9. The third-order valence-corrected chi connectivity index (χ3v) is 14.0. The summed E-state index contributed by atoms with van der Waals surface area (Å²) in [6.07, 6.45) is 1.08. The Labute approximate surface area is 401 Å². The van der Waals surface area contributed by atoms with Gasteiger partial charge in [-0.3, -0.25) is 9.59 Å². The summed E-state index contributed by atoms with van der Waals surface area (Å²) in [5.74, 6) is 0.212. The molecule has 1 aliphatic carbocycles. The van der Waals surface area contributed by atoms with Crippen molar-refractivity contribution in [2.75, 3.05) is 66.1 Å². The minimum Gasteiger partial charge on any atom is -0.491 e. The number of para-hydroxylation sites is 4. The van der Waals surface area contributed by atoms with E-state index in [9.17, 15) is 26.4 Å². The molecular formula is C52H52N2O13S2. The Hall–Kier alpha value is -6.76. The van der Waals surface area contributed by atoms with Gasteiger partial charge in [0, 0.05) is 25.7 Å². The Morgan fingerprint density at radius 3 is 1.00 bits per heavy atom. The summed E-state index contributed by atoms with van der Waals surface area (Å²) in [4.78, 5) is 26.7. The molecule has 0 saturated heterocycles. The minimum absolute atomic E-state index is 0.0571. The number of hydrogen-bond acceptors (Lipinski definition) is 13. The zero-order chi connectivity index (χ0) is 48.1. The predicted octanol–water partition coefficient (Wildman–Crippen LogP) is 5.95. The molecule has 17 heteroatoms. The van der Waals surface area contributed by atoms with Gasteiger partial charge in [-0.15, -0.1) is 0 Å². The second kappa shape index (κ2) is 23.0. The number of rotatable bonds is 10. The first-order valence-electron chi connectivity index (χ1n) is 22.4. The van der Waals surface area contributed by atoms with E-state index in [0.717, 1.165) is 22.3 Å². The van der Waals surface area contributed by atoms with Gasteiger partial charge in [0.2, 0.25) is 0 Å². The number of amides is 2. The van der Waals surface area contributed by atoms with Crippen LogP contribution in [-0.4, -0.2) is 94.7 Å². The molecule has 2 aliphatic rings. The fourth-order valence-corrected chi connectivity index (χ4v) is 10.1. The highest BCUT2D eigenvalue weighted by molar-refractivity contribution is 7.90. The standard InChI is InChI=1S/C52H52N2O13S2/c55-47(53-68(57,58)45-19-3-1-4-20-45)35-66-51-41-15-9-16-42(51)32-38-12-8-14-40-34-44-18-10-17-43(52(44)67-36-48(56)54-69(59,60)46-21-5-2-6-22-46)33-39-13-7-11-37(31-41)49(39)64-29-27-62-25-23-61-24-26-63-28-30-65-50(38)40/h1-22H,23-36H2,(H,53,55)(H,54,56). The average molecular weight is 977 g/mol. The lowest BCUT2D eigenvalue weighted by Gasteiger charge is -2.23. The fourth-order valence-electron chi connectivity index (χ4n) is 8.13. The molecule has 0 radical (unpaired) electrons. The summed E-state index contributed by atoms with van der Waals surface area (Å²) in [7, 11) is -8.34. The summed E-state index contributed by atoms with van der Waals surface area (Å²) < 4.78 is 100. The van der Waals surface area contributed by atoms with E-state index in [4.69, 9.17) is 33.2 Å². The first-order chi connectivity index (χ1) is 33.5. The second-order valence-electron chi connectivity index (χ2n) is 16.1. The van der Waals surface area contributed by atoms with Crippen LogP contribution in [0.5, 0.6) is 23.0 Å². The van der Waals surface area contributed by atoms with Crippen LogP contribution in [0, 0.1) is 0 Å². The normalized spacial score (nSPS) is 14.8. The van der Waals surface area contributed by atoms with E-state index >= 15 is 0 Å². The molecule has 0 saturated carbocycles. The van der Waals surface area contributed by atoms with Gasteiger partial charge in [-0.2, -0.15) is 0 Å². The van der Waals surface area contributed by atoms with Gasteiger partial charge in [0.1, 0.15) is 36.2 Å². The molecule has 2 amide bonds. The molecule has 1 heterocycles. The van der Waals surface area contributed by atoms with Gasteiger partial charge in [0.15, 0.2) is 13.2 Å². The molecule has 69 heavy (non-hydrogen) atoms. The Bertz CT molecular complexity index is 2680. The van der Waals surface area contributed by atoms with E-state index in [-0.39, 0.29) is 61.9 Å². The lowest BCUT2D eigenvalue weighted by molar-refractivity contribution is -0.122. The smallest absolute Gasteiger partial charge is 0.271 e. The van der Waals surface area contributed by atoms with Gasteiger partial charge in [0.05, 0.1) is 49.4 Å². The van der Waals surface area contributed by atoms with E-state index in [1.54, 1.807) is 36.4 Å². The summed E-state index contributed by atoms with van der Waals surface area (Å²) in [5, 5.41) is 0. The molecule has 0 unspecified atom stereocenters. The van der Waals surface area contributed by atoms with E-state index < -0.39 is 45.1 Å². The van der Waals surface area contributed by atoms with Crippen LogP contribution in [0.2, 0.25) is 0 Å². The van der Waals surface area contributed by atoms with Crippen molar-refractivity contribution in [1.29, 1.82) is 0 Å². The van der Waals surface area contributed by atoms with Crippen LogP contribution >= 0.6 is 0 Å². The van der Waals surface area contributed by atoms with Crippen molar-refractivity contribution >= 4 is 31.9 Å². The van der Waals surface area contributed by atoms with Crippen LogP contribution < -0.4 is 28.4 Å². The lowest BCUT2D eigenvalue weighted by Crippen LogP contribution is -2.34. The van der Waals surface area contributed by atoms with E-state index in [2.05, 4.69) is 9.44 Å². The Balaban J connectivity index is 1.21. The highest BCUT2D eigenvalue weighted by Gasteiger charge is 2.25. The molecule has 6 aromatic rings. The molecule has 2 N–H and O–H groups in total. The van der Waals surface area contributed by atoms with E-state index in [0.29, 0.717) is 71.7 Å². The first-order valence-corrected chi connectivity index (χ1v) is 25.4. The quantitative estimate of drug-likeness (QED) is 0.164. The van der Waals surface area contributed by atoms with Gasteiger partial charge in [0.25, 0.3) is 31.9 Å². The molecule has 10 bridgehead atoms. The fraction of sp³-hybridized carbons (Fsp3) is 0.269. The molecule has 0 fully saturated rings. The predicted molar refractivity (Wildman–Crippen MR) is 255 cm³/mol. The van der Waals surface area contributed by atoms with Crippen molar-refractivity contribution < 1.29 is 59.6 Å². The minimum atomic E-state index is -4.17. The molecule has 6 aromatic carbocycles. The van der Waals surface area contributed by atoms with Gasteiger partial charge in [-0.1, -0.05) is 109 Å². The first kappa shape index (κ1) is 48.7. The zero-order valence-corrected chi connectivity index (χ0v) is 39.4. The highest BCUT2D eigenvalue weighted by Crippen LogP contribution is 2.39. The van der Waals surface area contributed by atoms with Crippen molar-refractivity contribution in [3.05, 3.63) is 178 Å². The molecule has 0 aromatic heterocycles. The zero-order valence-electron chi connectivity index (χ0n) is 37.7. The molecule has 360 valence electrons. The van der Waals surface area contributed by atoms with Gasteiger partial charge < -0.3 is 33.2 Å². The number of nitrogens with one attached hydrogen (secondary N) is 2. The number of carbonyl (C=O) groups excluding carboxylic acids is 2. The molecule has 1 aliphatic heterocycles. The van der Waals surface area contributed by atoms with Crippen LogP contribution in [0.25, 0.3) is 0 Å². The maximum atomic E-state index is 13.4. The summed E-state index contributed by atoms with van der Waals surface area (Å²) in [6, 6.07) is 38.2. The number of hydrogen-bond donors (Lipinski definition) is 2. The lowest BCUT2D eigenvalue weighted by atomic mass is 9.91. The van der Waals surface area contributed by atoms with Crippen LogP contribution in [0.1, 0.15) is 44.5 Å². The maximum Gasteiger partial charge on any atom is 0.271 e. The van der Waals surface area contributed by atoms with E-state index in [1.165, 1.54) is 24.3 Å². The third-order valence-electron chi connectivity index (χ3n) is 11.2. The van der Waals surface area contributed by atoms with Crippen LogP contribution in [0.4, 0.5) is 0 Å². The van der Waals surface area contributed by atoms with Gasteiger partial charge >= 0.3 is 0 Å². The summed E-state index contributed by atoms with van der Waals surface area (Å²) in [6.45, 7) is 1.06. The molecule has 15 nitrogen and oxygen atoms in total. The summed E-state index contributed by atoms with van der Waals surface area (Å²) >= 11 is 0. The number of fused-ring (bicyclic) bond motifs is 2. The SMILES string of the molecule is O=C(COc1c2cccc1Cc1cccc3c1OCCOCCOCCOCCOc1c(cccc1Cc1cccc(c1OCC(=O)NS(=O)(=O)c1ccccc1)C3)C2)NS(=O)(=O)c1ccccc1. The van der Waals surface area contributed by atoms with Crippen molar-refractivity contribution in [2.24, 2.45) is 0 Å². The Morgan fingerprint density at radius 2 is 0.681 bits per heavy atom. The van der Waals surface area contributed by atoms with E-state index in [1.807, 2.05) is 72.8 Å². The Morgan fingerprint density at radius 1 is 0.391 bits per heavy atom. The largest absolute Gasteiger partial charge is 0.491 e. The van der Waals surface area contributed by atoms with Crippen LogP contribution in [-0.2, 0) is 69.5 Å². The van der Waals surface area contributed by atoms with Gasteiger partial charge in [-0.05, 0) is 68.8 Å². The van der Waals surface area contributed by atoms with Crippen LogP contribution in [0.3, 0.4) is 0 Å². The topological polar surface area (TPSA) is 191 Å². The number of carbonyl (C=O) groups is 2. The number of sulfonamides is 2. The summed E-state index contributed by atoms with van der Waals surface area (Å²) in [5.41, 5.74) is 5.90. The van der Waals surface area contributed by atoms with Crippen molar-refractivity contribution in [3.63, 3.8) is 0 Å².